The van der Waals surface area contributed by atoms with E-state index in [0.29, 0.717) is 5.69 Å². The molecule has 20 heavy (non-hydrogen) atoms. The zero-order valence-corrected chi connectivity index (χ0v) is 12.3. The second-order valence-electron chi connectivity index (χ2n) is 5.22. The van der Waals surface area contributed by atoms with Crippen LogP contribution >= 0.6 is 0 Å². The van der Waals surface area contributed by atoms with Crippen LogP contribution in [0.2, 0.25) is 0 Å². The molecule has 106 valence electrons. The average Bonchev–Trinajstić information content (AvgIpc) is 2.41. The van der Waals surface area contributed by atoms with Crippen molar-refractivity contribution in [1.82, 2.24) is 0 Å². The first-order chi connectivity index (χ1) is 9.56. The van der Waals surface area contributed by atoms with Crippen LogP contribution in [0.5, 0.6) is 5.75 Å². The molecule has 0 atom stereocenters. The molecule has 2 rings (SSSR count). The van der Waals surface area contributed by atoms with Gasteiger partial charge in [-0.05, 0) is 38.5 Å². The highest BCUT2D eigenvalue weighted by Crippen LogP contribution is 2.30. The Labute approximate surface area is 120 Å². The summed E-state index contributed by atoms with van der Waals surface area (Å²) >= 11 is 0. The number of ether oxygens (including phenoxy) is 1. The summed E-state index contributed by atoms with van der Waals surface area (Å²) in [7, 11) is 0. The highest BCUT2D eigenvalue weighted by Gasteiger charge is 2.07. The maximum Gasteiger partial charge on any atom is 0.144 e. The summed E-state index contributed by atoms with van der Waals surface area (Å²) in [6.45, 7) is 6.81. The van der Waals surface area contributed by atoms with Crippen LogP contribution in [0.15, 0.2) is 42.5 Å². The zero-order chi connectivity index (χ0) is 14.5. The summed E-state index contributed by atoms with van der Waals surface area (Å²) in [5.41, 5.74) is 10.2. The monoisotopic (exact) mass is 270 g/mol. The number of hydrogen-bond acceptors (Lipinski definition) is 3. The molecule has 2 aromatic carbocycles. The molecule has 0 aliphatic heterocycles. The van der Waals surface area contributed by atoms with Gasteiger partial charge in [0.1, 0.15) is 5.75 Å². The minimum atomic E-state index is 0.115. The molecule has 2 aromatic rings. The number of nitrogens with one attached hydrogen (secondary N) is 1. The Bertz CT molecular complexity index is 562. The van der Waals surface area contributed by atoms with Crippen LogP contribution in [0.4, 0.5) is 11.4 Å². The fraction of sp³-hybridized carbons (Fsp3) is 0.294. The number of hydrogen-bond donors (Lipinski definition) is 2. The lowest BCUT2D eigenvalue weighted by Gasteiger charge is -2.15. The van der Waals surface area contributed by atoms with Crippen LogP contribution < -0.4 is 15.8 Å². The maximum absolute atomic E-state index is 6.13. The van der Waals surface area contributed by atoms with Gasteiger partial charge >= 0.3 is 0 Å². The van der Waals surface area contributed by atoms with E-state index in [2.05, 4.69) is 36.5 Å². The van der Waals surface area contributed by atoms with Crippen LogP contribution in [0, 0.1) is 6.92 Å². The Balaban J connectivity index is 2.07. The predicted octanol–water partition coefficient (Wildman–Crippen LogP) is 3.98. The van der Waals surface area contributed by atoms with Crippen molar-refractivity contribution in [2.24, 2.45) is 0 Å². The SMILES string of the molecule is Cc1ccc(CNc2cccc(OC(C)C)c2N)cc1. The van der Waals surface area contributed by atoms with Crippen molar-refractivity contribution in [3.05, 3.63) is 53.6 Å². The van der Waals surface area contributed by atoms with Crippen molar-refractivity contribution in [1.29, 1.82) is 0 Å². The number of nitrogens with two attached hydrogens (primary N) is 1. The van der Waals surface area contributed by atoms with E-state index < -0.39 is 0 Å². The minimum absolute atomic E-state index is 0.115. The topological polar surface area (TPSA) is 47.3 Å². The first-order valence-electron chi connectivity index (χ1n) is 6.91. The molecule has 0 unspecified atom stereocenters. The normalized spacial score (nSPS) is 10.6. The van der Waals surface area contributed by atoms with Crippen molar-refractivity contribution in [3.63, 3.8) is 0 Å². The molecule has 3 N–H and O–H groups in total. The molecule has 0 saturated carbocycles. The molecule has 0 spiro atoms. The summed E-state index contributed by atoms with van der Waals surface area (Å²) in [4.78, 5) is 0. The van der Waals surface area contributed by atoms with E-state index in [1.54, 1.807) is 0 Å². The molecule has 3 heteroatoms. The van der Waals surface area contributed by atoms with Gasteiger partial charge in [-0.3, -0.25) is 0 Å². The number of para-hydroxylation sites is 1. The average molecular weight is 270 g/mol. The van der Waals surface area contributed by atoms with E-state index in [1.807, 2.05) is 32.0 Å². The Hall–Kier alpha value is -2.16. The summed E-state index contributed by atoms with van der Waals surface area (Å²) in [5.74, 6) is 0.730. The van der Waals surface area contributed by atoms with Crippen molar-refractivity contribution >= 4 is 11.4 Å². The molecule has 0 aliphatic rings. The molecule has 0 aromatic heterocycles. The van der Waals surface area contributed by atoms with Crippen molar-refractivity contribution in [2.45, 2.75) is 33.4 Å². The molecule has 3 nitrogen and oxygen atoms in total. The lowest BCUT2D eigenvalue weighted by Crippen LogP contribution is -2.09. The summed E-state index contributed by atoms with van der Waals surface area (Å²) < 4.78 is 5.69. The third-order valence-corrected chi connectivity index (χ3v) is 3.03. The molecule has 0 radical (unpaired) electrons. The van der Waals surface area contributed by atoms with E-state index in [4.69, 9.17) is 10.5 Å². The van der Waals surface area contributed by atoms with Crippen molar-refractivity contribution < 1.29 is 4.74 Å². The van der Waals surface area contributed by atoms with Crippen LogP contribution in [-0.4, -0.2) is 6.10 Å². The number of nitrogen functional groups attached to an aromatic ring is 1. The summed E-state index contributed by atoms with van der Waals surface area (Å²) in [5, 5.41) is 3.36. The van der Waals surface area contributed by atoms with Gasteiger partial charge in [0, 0.05) is 6.54 Å². The van der Waals surface area contributed by atoms with Gasteiger partial charge in [-0.25, -0.2) is 0 Å². The largest absolute Gasteiger partial charge is 0.489 e. The second-order valence-corrected chi connectivity index (χ2v) is 5.22. The maximum atomic E-state index is 6.13. The van der Waals surface area contributed by atoms with Gasteiger partial charge in [-0.1, -0.05) is 35.9 Å². The summed E-state index contributed by atoms with van der Waals surface area (Å²) in [6, 6.07) is 14.3. The van der Waals surface area contributed by atoms with Crippen LogP contribution in [0.1, 0.15) is 25.0 Å². The Morgan fingerprint density at radius 3 is 2.45 bits per heavy atom. The fourth-order valence-electron chi connectivity index (χ4n) is 1.96. The molecule has 0 heterocycles. The molecule has 0 saturated heterocycles. The minimum Gasteiger partial charge on any atom is -0.489 e. The first kappa shape index (κ1) is 14.3. The van der Waals surface area contributed by atoms with E-state index in [0.717, 1.165) is 18.0 Å². The van der Waals surface area contributed by atoms with Gasteiger partial charge < -0.3 is 15.8 Å². The van der Waals surface area contributed by atoms with Gasteiger partial charge in [-0.15, -0.1) is 0 Å². The number of anilines is 2. The third-order valence-electron chi connectivity index (χ3n) is 3.03. The van der Waals surface area contributed by atoms with E-state index in [1.165, 1.54) is 11.1 Å². The Kier molecular flexibility index (Phi) is 4.51. The van der Waals surface area contributed by atoms with Crippen LogP contribution in [0.25, 0.3) is 0 Å². The standard InChI is InChI=1S/C17H22N2O/c1-12(2)20-16-6-4-5-15(17(16)18)19-11-14-9-7-13(3)8-10-14/h4-10,12,19H,11,18H2,1-3H3. The number of benzene rings is 2. The Morgan fingerprint density at radius 1 is 1.10 bits per heavy atom. The summed E-state index contributed by atoms with van der Waals surface area (Å²) in [6.07, 6.45) is 0.115. The quantitative estimate of drug-likeness (QED) is 0.808. The molecule has 0 amide bonds. The highest BCUT2D eigenvalue weighted by molar-refractivity contribution is 5.73. The number of rotatable bonds is 5. The van der Waals surface area contributed by atoms with Gasteiger partial charge in [0.15, 0.2) is 0 Å². The lowest BCUT2D eigenvalue weighted by atomic mass is 10.1. The molecule has 0 bridgehead atoms. The van der Waals surface area contributed by atoms with Crippen LogP contribution in [0.3, 0.4) is 0 Å². The zero-order valence-electron chi connectivity index (χ0n) is 12.3. The Morgan fingerprint density at radius 2 is 1.80 bits per heavy atom. The molecule has 0 fully saturated rings. The van der Waals surface area contributed by atoms with Crippen molar-refractivity contribution in [3.8, 4) is 5.75 Å². The lowest BCUT2D eigenvalue weighted by molar-refractivity contribution is 0.244. The smallest absolute Gasteiger partial charge is 0.144 e. The second kappa shape index (κ2) is 6.33. The fourth-order valence-corrected chi connectivity index (χ4v) is 1.96. The van der Waals surface area contributed by atoms with E-state index in [-0.39, 0.29) is 6.10 Å². The molecule has 0 aliphatic carbocycles. The van der Waals surface area contributed by atoms with Crippen molar-refractivity contribution in [2.75, 3.05) is 11.1 Å². The first-order valence-corrected chi connectivity index (χ1v) is 6.91. The predicted molar refractivity (Wildman–Crippen MR) is 85.1 cm³/mol. The molecular weight excluding hydrogens is 248 g/mol. The third kappa shape index (κ3) is 3.67. The molecular formula is C17H22N2O. The van der Waals surface area contributed by atoms with Gasteiger partial charge in [0.2, 0.25) is 0 Å². The van der Waals surface area contributed by atoms with E-state index >= 15 is 0 Å². The van der Waals surface area contributed by atoms with Crippen LogP contribution in [-0.2, 0) is 6.54 Å². The van der Waals surface area contributed by atoms with Gasteiger partial charge in [0.25, 0.3) is 0 Å². The van der Waals surface area contributed by atoms with E-state index in [9.17, 15) is 0 Å². The number of aryl methyl sites for hydroxylation is 1. The highest BCUT2D eigenvalue weighted by atomic mass is 16.5. The van der Waals surface area contributed by atoms with Gasteiger partial charge in [0.05, 0.1) is 17.5 Å². The van der Waals surface area contributed by atoms with Gasteiger partial charge in [-0.2, -0.15) is 0 Å².